The molecular formula is C15H10Cl2N2O4. The zero-order valence-corrected chi connectivity index (χ0v) is 13.1. The van der Waals surface area contributed by atoms with Crippen molar-refractivity contribution in [2.24, 2.45) is 0 Å². The Morgan fingerprint density at radius 1 is 1.30 bits per heavy atom. The van der Waals surface area contributed by atoms with Gasteiger partial charge in [-0.15, -0.1) is 0 Å². The Bertz CT molecular complexity index is 761. The Hall–Kier alpha value is -2.44. The topological polar surface area (TPSA) is 82.3 Å². The maximum atomic E-state index is 11.6. The molecule has 118 valence electrons. The molecule has 6 nitrogen and oxygen atoms in total. The Balaban J connectivity index is 1.97. The summed E-state index contributed by atoms with van der Waals surface area (Å²) in [5, 5.41) is 11.2. The van der Waals surface area contributed by atoms with Crippen molar-refractivity contribution in [3.05, 3.63) is 74.0 Å². The monoisotopic (exact) mass is 352 g/mol. The Morgan fingerprint density at radius 2 is 2.09 bits per heavy atom. The molecule has 8 heteroatoms. The van der Waals surface area contributed by atoms with Crippen molar-refractivity contribution in [3.8, 4) is 0 Å². The second-order valence-corrected chi connectivity index (χ2v) is 5.19. The number of halogens is 2. The molecule has 0 spiro atoms. The molecule has 0 atom stereocenters. The fourth-order valence-corrected chi connectivity index (χ4v) is 1.93. The van der Waals surface area contributed by atoms with E-state index >= 15 is 0 Å². The number of benzene rings is 1. The smallest absolute Gasteiger partial charge is 0.331 e. The average molecular weight is 353 g/mol. The lowest BCUT2D eigenvalue weighted by Crippen LogP contribution is -2.01. The molecule has 0 saturated heterocycles. The van der Waals surface area contributed by atoms with Crippen LogP contribution in [0.25, 0.3) is 6.08 Å². The minimum Gasteiger partial charge on any atom is -0.458 e. The summed E-state index contributed by atoms with van der Waals surface area (Å²) in [6, 6.07) is 7.50. The van der Waals surface area contributed by atoms with Crippen molar-refractivity contribution in [2.75, 3.05) is 0 Å². The standard InChI is InChI=1S/C15H10Cl2N2O4/c16-12-4-1-10(7-13(12)19(21)22)3-6-15(20)23-9-11-2-5-14(17)18-8-11/h1-8H,9H2/b6-3+. The van der Waals surface area contributed by atoms with Crippen LogP contribution in [0.15, 0.2) is 42.6 Å². The summed E-state index contributed by atoms with van der Waals surface area (Å²) in [5.74, 6) is -0.586. The lowest BCUT2D eigenvalue weighted by atomic mass is 10.2. The van der Waals surface area contributed by atoms with E-state index in [0.29, 0.717) is 16.3 Å². The number of carbonyl (C=O) groups is 1. The summed E-state index contributed by atoms with van der Waals surface area (Å²) in [5.41, 5.74) is 0.930. The number of aromatic nitrogens is 1. The van der Waals surface area contributed by atoms with Crippen LogP contribution in [0.3, 0.4) is 0 Å². The van der Waals surface area contributed by atoms with Gasteiger partial charge in [-0.1, -0.05) is 35.3 Å². The summed E-state index contributed by atoms with van der Waals surface area (Å²) in [6.45, 7) is 0.0497. The van der Waals surface area contributed by atoms with Crippen LogP contribution in [-0.2, 0) is 16.1 Å². The molecule has 0 unspecified atom stereocenters. The van der Waals surface area contributed by atoms with E-state index in [0.717, 1.165) is 0 Å². The first kappa shape index (κ1) is 16.9. The number of hydrogen-bond acceptors (Lipinski definition) is 5. The number of rotatable bonds is 5. The minimum atomic E-state index is -0.592. The molecular weight excluding hydrogens is 343 g/mol. The number of ether oxygens (including phenoxy) is 1. The summed E-state index contributed by atoms with van der Waals surface area (Å²) in [6.07, 6.45) is 4.09. The summed E-state index contributed by atoms with van der Waals surface area (Å²) >= 11 is 11.4. The third kappa shape index (κ3) is 5.05. The van der Waals surface area contributed by atoms with E-state index in [2.05, 4.69) is 4.98 Å². The van der Waals surface area contributed by atoms with Crippen LogP contribution in [0.4, 0.5) is 5.69 Å². The number of nitrogens with zero attached hydrogens (tertiary/aromatic N) is 2. The predicted molar refractivity (Wildman–Crippen MR) is 86.2 cm³/mol. The Labute approximate surface area is 141 Å². The molecule has 0 bridgehead atoms. The van der Waals surface area contributed by atoms with Crippen LogP contribution < -0.4 is 0 Å². The molecule has 0 fully saturated rings. The van der Waals surface area contributed by atoms with Gasteiger partial charge >= 0.3 is 5.97 Å². The van der Waals surface area contributed by atoms with Gasteiger partial charge in [0.1, 0.15) is 16.8 Å². The van der Waals surface area contributed by atoms with Gasteiger partial charge in [-0.25, -0.2) is 9.78 Å². The molecule has 1 heterocycles. The summed E-state index contributed by atoms with van der Waals surface area (Å²) in [4.78, 5) is 25.7. The van der Waals surface area contributed by atoms with Crippen molar-refractivity contribution < 1.29 is 14.5 Å². The zero-order chi connectivity index (χ0) is 16.8. The van der Waals surface area contributed by atoms with Crippen LogP contribution in [0, 0.1) is 10.1 Å². The minimum absolute atomic E-state index is 0.0324. The van der Waals surface area contributed by atoms with Gasteiger partial charge in [0.05, 0.1) is 4.92 Å². The van der Waals surface area contributed by atoms with Crippen molar-refractivity contribution in [1.82, 2.24) is 4.98 Å². The van der Waals surface area contributed by atoms with Gasteiger partial charge in [0.25, 0.3) is 5.69 Å². The van der Waals surface area contributed by atoms with E-state index in [9.17, 15) is 14.9 Å². The van der Waals surface area contributed by atoms with Gasteiger partial charge in [-0.2, -0.15) is 0 Å². The second-order valence-electron chi connectivity index (χ2n) is 4.40. The molecule has 0 saturated carbocycles. The number of nitro benzene ring substituents is 1. The van der Waals surface area contributed by atoms with Gasteiger partial charge < -0.3 is 4.74 Å². The van der Waals surface area contributed by atoms with E-state index in [1.54, 1.807) is 18.2 Å². The highest BCUT2D eigenvalue weighted by Gasteiger charge is 2.11. The Kier molecular flexibility index (Phi) is 5.67. The van der Waals surface area contributed by atoms with Gasteiger partial charge in [-0.05, 0) is 23.8 Å². The molecule has 0 aliphatic carbocycles. The number of pyridine rings is 1. The number of hydrogen-bond donors (Lipinski definition) is 0. The van der Waals surface area contributed by atoms with Crippen molar-refractivity contribution >= 4 is 40.9 Å². The fourth-order valence-electron chi connectivity index (χ4n) is 1.63. The fraction of sp³-hybridized carbons (Fsp3) is 0.0667. The highest BCUT2D eigenvalue weighted by Crippen LogP contribution is 2.25. The first-order chi connectivity index (χ1) is 11.0. The lowest BCUT2D eigenvalue weighted by Gasteiger charge is -2.02. The molecule has 1 aromatic carbocycles. The molecule has 0 aliphatic rings. The molecule has 0 radical (unpaired) electrons. The summed E-state index contributed by atoms with van der Waals surface area (Å²) < 4.78 is 5.02. The van der Waals surface area contributed by atoms with E-state index in [1.807, 2.05) is 0 Å². The van der Waals surface area contributed by atoms with E-state index in [-0.39, 0.29) is 17.3 Å². The maximum Gasteiger partial charge on any atom is 0.331 e. The van der Waals surface area contributed by atoms with Crippen LogP contribution in [-0.4, -0.2) is 15.9 Å². The average Bonchev–Trinajstić information content (AvgIpc) is 2.53. The van der Waals surface area contributed by atoms with Gasteiger partial charge in [0.2, 0.25) is 0 Å². The molecule has 23 heavy (non-hydrogen) atoms. The molecule has 0 amide bonds. The quantitative estimate of drug-likeness (QED) is 0.266. The van der Waals surface area contributed by atoms with E-state index in [1.165, 1.54) is 30.5 Å². The van der Waals surface area contributed by atoms with Gasteiger partial charge in [0, 0.05) is 23.9 Å². The molecule has 1 aromatic heterocycles. The van der Waals surface area contributed by atoms with Crippen LogP contribution in [0.2, 0.25) is 10.2 Å². The first-order valence-electron chi connectivity index (χ1n) is 6.35. The van der Waals surface area contributed by atoms with Crippen molar-refractivity contribution in [2.45, 2.75) is 6.61 Å². The van der Waals surface area contributed by atoms with Crippen molar-refractivity contribution in [3.63, 3.8) is 0 Å². The molecule has 0 aliphatic heterocycles. The number of carbonyl (C=O) groups excluding carboxylic acids is 1. The maximum absolute atomic E-state index is 11.6. The molecule has 2 aromatic rings. The first-order valence-corrected chi connectivity index (χ1v) is 7.10. The normalized spacial score (nSPS) is 10.7. The largest absolute Gasteiger partial charge is 0.458 e. The third-order valence-electron chi connectivity index (χ3n) is 2.75. The van der Waals surface area contributed by atoms with Gasteiger partial charge in [-0.3, -0.25) is 10.1 Å². The zero-order valence-electron chi connectivity index (χ0n) is 11.6. The predicted octanol–water partition coefficient (Wildman–Crippen LogP) is 4.05. The highest BCUT2D eigenvalue weighted by atomic mass is 35.5. The lowest BCUT2D eigenvalue weighted by molar-refractivity contribution is -0.384. The van der Waals surface area contributed by atoms with Crippen LogP contribution >= 0.6 is 23.2 Å². The van der Waals surface area contributed by atoms with Crippen LogP contribution in [0.1, 0.15) is 11.1 Å². The van der Waals surface area contributed by atoms with E-state index in [4.69, 9.17) is 27.9 Å². The second kappa shape index (κ2) is 7.71. The summed E-state index contributed by atoms with van der Waals surface area (Å²) in [7, 11) is 0. The van der Waals surface area contributed by atoms with Crippen molar-refractivity contribution in [1.29, 1.82) is 0 Å². The van der Waals surface area contributed by atoms with Crippen LogP contribution in [0.5, 0.6) is 0 Å². The highest BCUT2D eigenvalue weighted by molar-refractivity contribution is 6.32. The van der Waals surface area contributed by atoms with Gasteiger partial charge in [0.15, 0.2) is 0 Å². The molecule has 2 rings (SSSR count). The molecule has 0 N–H and O–H groups in total. The number of esters is 1. The number of nitro groups is 1. The Morgan fingerprint density at radius 3 is 2.74 bits per heavy atom. The SMILES string of the molecule is O=C(/C=C/c1ccc(Cl)c([N+](=O)[O-])c1)OCc1ccc(Cl)nc1. The third-order valence-corrected chi connectivity index (χ3v) is 3.29. The van der Waals surface area contributed by atoms with E-state index < -0.39 is 10.9 Å².